The highest BCUT2D eigenvalue weighted by Crippen LogP contribution is 2.22. The first-order valence-corrected chi connectivity index (χ1v) is 7.67. The van der Waals surface area contributed by atoms with Crippen molar-refractivity contribution in [1.82, 2.24) is 19.4 Å². The summed E-state index contributed by atoms with van der Waals surface area (Å²) in [6.45, 7) is 6.86. The molecule has 0 amide bonds. The highest BCUT2D eigenvalue weighted by molar-refractivity contribution is 7.13. The number of rotatable bonds is 4. The van der Waals surface area contributed by atoms with Crippen LogP contribution in [0.3, 0.4) is 0 Å². The molecule has 5 heteroatoms. The molecule has 0 saturated carbocycles. The number of thiophene rings is 1. The van der Waals surface area contributed by atoms with E-state index in [1.165, 1.54) is 31.1 Å². The molecule has 0 radical (unpaired) electrons. The van der Waals surface area contributed by atoms with Gasteiger partial charge in [-0.15, -0.1) is 11.3 Å². The van der Waals surface area contributed by atoms with Gasteiger partial charge in [-0.05, 0) is 18.5 Å². The molecule has 0 atom stereocenters. The molecule has 0 unspecified atom stereocenters. The zero-order chi connectivity index (χ0) is 13.1. The SMILES string of the molecule is CN1CCN(CCn2ccnc2-c2cccs2)CC1. The third-order valence-electron chi connectivity index (χ3n) is 3.71. The van der Waals surface area contributed by atoms with Crippen molar-refractivity contribution in [2.45, 2.75) is 6.54 Å². The lowest BCUT2D eigenvalue weighted by molar-refractivity contribution is 0.150. The Morgan fingerprint density at radius 3 is 2.79 bits per heavy atom. The Morgan fingerprint density at radius 1 is 1.21 bits per heavy atom. The maximum atomic E-state index is 4.48. The van der Waals surface area contributed by atoms with Crippen LogP contribution >= 0.6 is 11.3 Å². The number of imidazole rings is 1. The van der Waals surface area contributed by atoms with Gasteiger partial charge in [0, 0.05) is 51.7 Å². The fourth-order valence-electron chi connectivity index (χ4n) is 2.44. The fourth-order valence-corrected chi connectivity index (χ4v) is 3.18. The van der Waals surface area contributed by atoms with Crippen LogP contribution in [0, 0.1) is 0 Å². The van der Waals surface area contributed by atoms with Gasteiger partial charge < -0.3 is 9.47 Å². The maximum absolute atomic E-state index is 4.48. The molecule has 0 aromatic carbocycles. The van der Waals surface area contributed by atoms with Crippen molar-refractivity contribution in [1.29, 1.82) is 0 Å². The summed E-state index contributed by atoms with van der Waals surface area (Å²) < 4.78 is 2.27. The lowest BCUT2D eigenvalue weighted by atomic mass is 10.3. The van der Waals surface area contributed by atoms with Gasteiger partial charge in [0.2, 0.25) is 0 Å². The summed E-state index contributed by atoms with van der Waals surface area (Å²) in [5.74, 6) is 1.10. The van der Waals surface area contributed by atoms with Gasteiger partial charge >= 0.3 is 0 Å². The average molecular weight is 276 g/mol. The lowest BCUT2D eigenvalue weighted by Crippen LogP contribution is -2.45. The minimum absolute atomic E-state index is 1.02. The summed E-state index contributed by atoms with van der Waals surface area (Å²) in [4.78, 5) is 10.7. The van der Waals surface area contributed by atoms with Gasteiger partial charge in [-0.3, -0.25) is 4.90 Å². The van der Waals surface area contributed by atoms with E-state index in [1.54, 1.807) is 11.3 Å². The number of likely N-dealkylation sites (N-methyl/N-ethyl adjacent to an activating group) is 1. The van der Waals surface area contributed by atoms with E-state index in [4.69, 9.17) is 0 Å². The molecule has 102 valence electrons. The van der Waals surface area contributed by atoms with Crippen molar-refractivity contribution in [3.8, 4) is 10.7 Å². The molecule has 0 N–H and O–H groups in total. The first-order chi connectivity index (χ1) is 9.33. The van der Waals surface area contributed by atoms with Gasteiger partial charge in [0.15, 0.2) is 0 Å². The second-order valence-electron chi connectivity index (χ2n) is 5.07. The number of hydrogen-bond acceptors (Lipinski definition) is 4. The number of aromatic nitrogens is 2. The van der Waals surface area contributed by atoms with E-state index in [2.05, 4.69) is 50.1 Å². The van der Waals surface area contributed by atoms with Crippen LogP contribution in [0.15, 0.2) is 29.9 Å². The summed E-state index contributed by atoms with van der Waals surface area (Å²) >= 11 is 1.75. The van der Waals surface area contributed by atoms with Crippen molar-refractivity contribution in [3.05, 3.63) is 29.9 Å². The lowest BCUT2D eigenvalue weighted by Gasteiger charge is -2.32. The molecular weight excluding hydrogens is 256 g/mol. The van der Waals surface area contributed by atoms with Crippen LogP contribution in [0.25, 0.3) is 10.7 Å². The number of piperazine rings is 1. The van der Waals surface area contributed by atoms with Crippen LogP contribution < -0.4 is 0 Å². The molecule has 0 spiro atoms. The van der Waals surface area contributed by atoms with E-state index in [9.17, 15) is 0 Å². The van der Waals surface area contributed by atoms with Crippen molar-refractivity contribution < 1.29 is 0 Å². The van der Waals surface area contributed by atoms with Crippen LogP contribution in [-0.2, 0) is 6.54 Å². The van der Waals surface area contributed by atoms with Crippen LogP contribution in [0.2, 0.25) is 0 Å². The highest BCUT2D eigenvalue weighted by atomic mass is 32.1. The predicted molar refractivity (Wildman–Crippen MR) is 79.5 cm³/mol. The zero-order valence-corrected chi connectivity index (χ0v) is 12.1. The van der Waals surface area contributed by atoms with Crippen molar-refractivity contribution in [3.63, 3.8) is 0 Å². The van der Waals surface area contributed by atoms with Gasteiger partial charge in [-0.25, -0.2) is 4.98 Å². The summed E-state index contributed by atoms with van der Waals surface area (Å²) in [5.41, 5.74) is 0. The van der Waals surface area contributed by atoms with E-state index in [0.717, 1.165) is 18.9 Å². The Kier molecular flexibility index (Phi) is 3.96. The van der Waals surface area contributed by atoms with Crippen LogP contribution in [0.4, 0.5) is 0 Å². The monoisotopic (exact) mass is 276 g/mol. The smallest absolute Gasteiger partial charge is 0.150 e. The maximum Gasteiger partial charge on any atom is 0.150 e. The predicted octanol–water partition coefficient (Wildman–Crippen LogP) is 1.86. The standard InChI is InChI=1S/C14H20N4S/c1-16-6-8-17(9-7-16)10-11-18-5-4-15-14(18)13-3-2-12-19-13/h2-5,12H,6-11H2,1H3. The van der Waals surface area contributed by atoms with Gasteiger partial charge in [-0.1, -0.05) is 6.07 Å². The largest absolute Gasteiger partial charge is 0.329 e. The molecular formula is C14H20N4S. The van der Waals surface area contributed by atoms with Gasteiger partial charge in [0.05, 0.1) is 4.88 Å². The molecule has 3 rings (SSSR count). The molecule has 2 aromatic heterocycles. The van der Waals surface area contributed by atoms with Gasteiger partial charge in [0.1, 0.15) is 5.82 Å². The highest BCUT2D eigenvalue weighted by Gasteiger charge is 2.14. The van der Waals surface area contributed by atoms with Crippen molar-refractivity contribution >= 4 is 11.3 Å². The summed E-state index contributed by atoms with van der Waals surface area (Å²) in [6, 6.07) is 4.22. The Hall–Kier alpha value is -1.17. The summed E-state index contributed by atoms with van der Waals surface area (Å²) in [7, 11) is 2.20. The molecule has 4 nitrogen and oxygen atoms in total. The second-order valence-corrected chi connectivity index (χ2v) is 6.01. The Labute approximate surface area is 118 Å². The van der Waals surface area contributed by atoms with E-state index < -0.39 is 0 Å². The Balaban J connectivity index is 1.60. The second kappa shape index (κ2) is 5.86. The van der Waals surface area contributed by atoms with Crippen molar-refractivity contribution in [2.75, 3.05) is 39.8 Å². The summed E-state index contributed by atoms with van der Waals surface area (Å²) in [5, 5.41) is 2.11. The number of hydrogen-bond donors (Lipinski definition) is 0. The molecule has 1 aliphatic heterocycles. The summed E-state index contributed by atoms with van der Waals surface area (Å²) in [6.07, 6.45) is 3.99. The minimum atomic E-state index is 1.02. The topological polar surface area (TPSA) is 24.3 Å². The van der Waals surface area contributed by atoms with Crippen molar-refractivity contribution in [2.24, 2.45) is 0 Å². The third kappa shape index (κ3) is 3.05. The first kappa shape index (κ1) is 12.8. The Bertz CT molecular complexity index is 497. The van der Waals surface area contributed by atoms with Gasteiger partial charge in [-0.2, -0.15) is 0 Å². The van der Waals surface area contributed by atoms with Gasteiger partial charge in [0.25, 0.3) is 0 Å². The number of nitrogens with zero attached hydrogens (tertiary/aromatic N) is 4. The zero-order valence-electron chi connectivity index (χ0n) is 11.3. The average Bonchev–Trinajstić information content (AvgIpc) is 3.08. The molecule has 0 aliphatic carbocycles. The molecule has 1 saturated heterocycles. The van der Waals surface area contributed by atoms with E-state index >= 15 is 0 Å². The molecule has 1 fully saturated rings. The van der Waals surface area contributed by atoms with Crippen LogP contribution in [0.1, 0.15) is 0 Å². The van der Waals surface area contributed by atoms with E-state index in [-0.39, 0.29) is 0 Å². The third-order valence-corrected chi connectivity index (χ3v) is 4.58. The molecule has 19 heavy (non-hydrogen) atoms. The molecule has 3 heterocycles. The molecule has 2 aromatic rings. The normalized spacial score (nSPS) is 17.9. The molecule has 1 aliphatic rings. The van der Waals surface area contributed by atoms with Crippen LogP contribution in [0.5, 0.6) is 0 Å². The minimum Gasteiger partial charge on any atom is -0.329 e. The van der Waals surface area contributed by atoms with E-state index in [1.807, 2.05) is 6.20 Å². The van der Waals surface area contributed by atoms with E-state index in [0.29, 0.717) is 0 Å². The quantitative estimate of drug-likeness (QED) is 0.852. The fraction of sp³-hybridized carbons (Fsp3) is 0.500. The Morgan fingerprint density at radius 2 is 2.05 bits per heavy atom. The first-order valence-electron chi connectivity index (χ1n) is 6.79. The molecule has 0 bridgehead atoms. The van der Waals surface area contributed by atoms with Crippen LogP contribution in [-0.4, -0.2) is 59.1 Å².